The molecule has 1 rings (SSSR count). The fraction of sp³-hybridized carbons (Fsp3) is 0.538. The van der Waals surface area contributed by atoms with Crippen molar-refractivity contribution < 1.29 is 9.47 Å². The molecule has 0 amide bonds. The number of anilines is 1. The number of methoxy groups -OCH3 is 2. The Bertz CT molecular complexity index is 397. The highest BCUT2D eigenvalue weighted by Crippen LogP contribution is 2.14. The molecule has 1 aromatic heterocycles. The predicted octanol–water partition coefficient (Wildman–Crippen LogP) is 1.20. The van der Waals surface area contributed by atoms with Gasteiger partial charge in [-0.2, -0.15) is 0 Å². The van der Waals surface area contributed by atoms with Crippen molar-refractivity contribution in [2.24, 2.45) is 5.73 Å². The molecule has 1 aromatic rings. The number of rotatable bonds is 8. The smallest absolute Gasteiger partial charge is 0.128 e. The molecule has 0 aliphatic rings. The standard InChI is InChI=1S/C13H21N3O2S/c1-10(9-18-3)16(6-7-17-2)12-5-4-11(8-15-12)13(14)19/h4-5,8,10H,6-7,9H2,1-3H3,(H2,14,19). The molecule has 0 fully saturated rings. The lowest BCUT2D eigenvalue weighted by atomic mass is 10.2. The molecule has 6 heteroatoms. The van der Waals surface area contributed by atoms with Crippen LogP contribution in [0.15, 0.2) is 18.3 Å². The van der Waals surface area contributed by atoms with Crippen molar-refractivity contribution in [3.05, 3.63) is 23.9 Å². The maximum absolute atomic E-state index is 5.57. The maximum atomic E-state index is 5.57. The highest BCUT2D eigenvalue weighted by molar-refractivity contribution is 7.80. The summed E-state index contributed by atoms with van der Waals surface area (Å²) in [4.78, 5) is 6.89. The van der Waals surface area contributed by atoms with Crippen LogP contribution in [0.3, 0.4) is 0 Å². The average molecular weight is 283 g/mol. The van der Waals surface area contributed by atoms with E-state index in [1.54, 1.807) is 20.4 Å². The first-order chi connectivity index (χ1) is 9.10. The van der Waals surface area contributed by atoms with Gasteiger partial charge in [0.15, 0.2) is 0 Å². The number of hydrogen-bond donors (Lipinski definition) is 1. The number of nitrogens with two attached hydrogens (primary N) is 1. The summed E-state index contributed by atoms with van der Waals surface area (Å²) in [7, 11) is 3.37. The Morgan fingerprint density at radius 1 is 1.42 bits per heavy atom. The Balaban J connectivity index is 2.86. The van der Waals surface area contributed by atoms with Crippen LogP contribution < -0.4 is 10.6 Å². The molecule has 0 aromatic carbocycles. The van der Waals surface area contributed by atoms with Gasteiger partial charge in [0.05, 0.1) is 19.3 Å². The van der Waals surface area contributed by atoms with E-state index in [4.69, 9.17) is 27.4 Å². The topological polar surface area (TPSA) is 60.6 Å². The van der Waals surface area contributed by atoms with Gasteiger partial charge in [-0.1, -0.05) is 12.2 Å². The lowest BCUT2D eigenvalue weighted by Crippen LogP contribution is -2.39. The molecule has 0 radical (unpaired) electrons. The fourth-order valence-electron chi connectivity index (χ4n) is 1.78. The minimum atomic E-state index is 0.211. The maximum Gasteiger partial charge on any atom is 0.128 e. The van der Waals surface area contributed by atoms with Gasteiger partial charge in [-0.3, -0.25) is 0 Å². The average Bonchev–Trinajstić information content (AvgIpc) is 2.40. The Kier molecular flexibility index (Phi) is 6.69. The van der Waals surface area contributed by atoms with Crippen LogP contribution in [0, 0.1) is 0 Å². The molecule has 0 aliphatic carbocycles. The van der Waals surface area contributed by atoms with Crippen molar-refractivity contribution in [3.8, 4) is 0 Å². The van der Waals surface area contributed by atoms with Gasteiger partial charge in [0.2, 0.25) is 0 Å². The molecule has 106 valence electrons. The van der Waals surface area contributed by atoms with Crippen molar-refractivity contribution in [1.82, 2.24) is 4.98 Å². The molecule has 0 saturated heterocycles. The minimum absolute atomic E-state index is 0.211. The lowest BCUT2D eigenvalue weighted by Gasteiger charge is -2.29. The molecule has 2 N–H and O–H groups in total. The summed E-state index contributed by atoms with van der Waals surface area (Å²) < 4.78 is 10.3. The summed E-state index contributed by atoms with van der Waals surface area (Å²) >= 11 is 4.92. The second-order valence-corrected chi connectivity index (χ2v) is 4.70. The zero-order chi connectivity index (χ0) is 14.3. The third-order valence-electron chi connectivity index (χ3n) is 2.80. The quantitative estimate of drug-likeness (QED) is 0.724. The summed E-state index contributed by atoms with van der Waals surface area (Å²) in [5.74, 6) is 0.863. The summed E-state index contributed by atoms with van der Waals surface area (Å²) in [5.41, 5.74) is 6.33. The lowest BCUT2D eigenvalue weighted by molar-refractivity contribution is 0.170. The number of ether oxygens (including phenoxy) is 2. The van der Waals surface area contributed by atoms with E-state index in [2.05, 4.69) is 16.8 Å². The van der Waals surface area contributed by atoms with Crippen LogP contribution in [0.2, 0.25) is 0 Å². The van der Waals surface area contributed by atoms with Gasteiger partial charge in [-0.15, -0.1) is 0 Å². The molecule has 0 bridgehead atoms. The second-order valence-electron chi connectivity index (χ2n) is 4.26. The van der Waals surface area contributed by atoms with Gasteiger partial charge in [0.25, 0.3) is 0 Å². The van der Waals surface area contributed by atoms with E-state index >= 15 is 0 Å². The largest absolute Gasteiger partial charge is 0.389 e. The van der Waals surface area contributed by atoms with E-state index in [1.807, 2.05) is 12.1 Å². The van der Waals surface area contributed by atoms with E-state index < -0.39 is 0 Å². The van der Waals surface area contributed by atoms with Crippen LogP contribution in [-0.2, 0) is 9.47 Å². The molecule has 1 atom stereocenters. The first kappa shape index (κ1) is 15.8. The van der Waals surface area contributed by atoms with Crippen LogP contribution in [0.5, 0.6) is 0 Å². The minimum Gasteiger partial charge on any atom is -0.389 e. The Morgan fingerprint density at radius 3 is 2.63 bits per heavy atom. The number of thiocarbonyl (C=S) groups is 1. The van der Waals surface area contributed by atoms with Crippen LogP contribution in [0.4, 0.5) is 5.82 Å². The predicted molar refractivity (Wildman–Crippen MR) is 80.7 cm³/mol. The van der Waals surface area contributed by atoms with E-state index in [0.717, 1.165) is 17.9 Å². The van der Waals surface area contributed by atoms with Crippen LogP contribution in [-0.4, -0.2) is 50.0 Å². The summed E-state index contributed by atoms with van der Waals surface area (Å²) in [6.07, 6.45) is 1.69. The number of hydrogen-bond acceptors (Lipinski definition) is 5. The van der Waals surface area contributed by atoms with Gasteiger partial charge in [-0.05, 0) is 19.1 Å². The van der Waals surface area contributed by atoms with Crippen molar-refractivity contribution >= 4 is 23.0 Å². The molecule has 0 spiro atoms. The van der Waals surface area contributed by atoms with Gasteiger partial charge < -0.3 is 20.1 Å². The molecule has 1 unspecified atom stereocenters. The molecule has 0 saturated carbocycles. The first-order valence-corrected chi connectivity index (χ1v) is 6.51. The van der Waals surface area contributed by atoms with E-state index in [-0.39, 0.29) is 6.04 Å². The Hall–Kier alpha value is -1.24. The van der Waals surface area contributed by atoms with Crippen molar-refractivity contribution in [1.29, 1.82) is 0 Å². The van der Waals surface area contributed by atoms with E-state index in [1.165, 1.54) is 0 Å². The van der Waals surface area contributed by atoms with Crippen molar-refractivity contribution in [2.75, 3.05) is 38.9 Å². The van der Waals surface area contributed by atoms with Crippen LogP contribution in [0.1, 0.15) is 12.5 Å². The number of pyridine rings is 1. The molecule has 0 aliphatic heterocycles. The Morgan fingerprint density at radius 2 is 2.16 bits per heavy atom. The summed E-state index contributed by atoms with van der Waals surface area (Å²) in [5, 5.41) is 0. The highest BCUT2D eigenvalue weighted by Gasteiger charge is 2.15. The molecular formula is C13H21N3O2S. The Labute approximate surface area is 119 Å². The van der Waals surface area contributed by atoms with Crippen molar-refractivity contribution in [3.63, 3.8) is 0 Å². The third kappa shape index (κ3) is 4.74. The summed E-state index contributed by atoms with van der Waals surface area (Å²) in [6, 6.07) is 4.00. The monoisotopic (exact) mass is 283 g/mol. The zero-order valence-corrected chi connectivity index (χ0v) is 12.4. The van der Waals surface area contributed by atoms with Crippen molar-refractivity contribution in [2.45, 2.75) is 13.0 Å². The van der Waals surface area contributed by atoms with E-state index in [0.29, 0.717) is 18.2 Å². The number of nitrogens with zero attached hydrogens (tertiary/aromatic N) is 2. The molecule has 5 nitrogen and oxygen atoms in total. The second kappa shape index (κ2) is 8.04. The first-order valence-electron chi connectivity index (χ1n) is 6.10. The summed E-state index contributed by atoms with van der Waals surface area (Å²) in [6.45, 7) is 4.10. The van der Waals surface area contributed by atoms with Gasteiger partial charge in [0, 0.05) is 32.5 Å². The van der Waals surface area contributed by atoms with Gasteiger partial charge >= 0.3 is 0 Å². The number of aromatic nitrogens is 1. The molecular weight excluding hydrogens is 262 g/mol. The highest BCUT2D eigenvalue weighted by atomic mass is 32.1. The SMILES string of the molecule is COCCN(c1ccc(C(N)=S)cn1)C(C)COC. The third-order valence-corrected chi connectivity index (χ3v) is 3.04. The normalized spacial score (nSPS) is 12.2. The van der Waals surface area contributed by atoms with Crippen LogP contribution in [0.25, 0.3) is 0 Å². The zero-order valence-electron chi connectivity index (χ0n) is 11.6. The van der Waals surface area contributed by atoms with Gasteiger partial charge in [0.1, 0.15) is 10.8 Å². The fourth-order valence-corrected chi connectivity index (χ4v) is 1.90. The van der Waals surface area contributed by atoms with Crippen LogP contribution >= 0.6 is 12.2 Å². The molecule has 1 heterocycles. The molecule has 19 heavy (non-hydrogen) atoms. The van der Waals surface area contributed by atoms with Gasteiger partial charge in [-0.25, -0.2) is 4.98 Å². The van der Waals surface area contributed by atoms with E-state index in [9.17, 15) is 0 Å².